The third-order valence-electron chi connectivity index (χ3n) is 3.20. The molecule has 0 aliphatic heterocycles. The molecule has 0 fully saturated rings. The summed E-state index contributed by atoms with van der Waals surface area (Å²) in [6, 6.07) is 8.15. The summed E-state index contributed by atoms with van der Waals surface area (Å²) >= 11 is 1.95. The second-order valence-electron chi connectivity index (χ2n) is 4.77. The number of esters is 1. The molecule has 0 radical (unpaired) electrons. The van der Waals surface area contributed by atoms with Crippen molar-refractivity contribution in [2.24, 2.45) is 0 Å². The minimum Gasteiger partial charge on any atom is -0.462 e. The van der Waals surface area contributed by atoms with Gasteiger partial charge in [0.2, 0.25) is 0 Å². The van der Waals surface area contributed by atoms with Crippen LogP contribution in [0.2, 0.25) is 0 Å². The number of amides is 1. The number of rotatable bonds is 5. The Morgan fingerprint density at radius 1 is 1.28 bits per heavy atom. The molecule has 0 aliphatic carbocycles. The summed E-state index contributed by atoms with van der Waals surface area (Å²) in [5, 5.41) is 22.9. The number of carbonyl (C=O) groups excluding carboxylic acids is 2. The average Bonchev–Trinajstić information content (AvgIpc) is 2.92. The first kappa shape index (κ1) is 18.5. The Morgan fingerprint density at radius 3 is 2.52 bits per heavy atom. The number of thiocyanates is 1. The molecule has 0 saturated heterocycles. The van der Waals surface area contributed by atoms with Gasteiger partial charge in [0.15, 0.2) is 0 Å². The Hall–Kier alpha value is -2.81. The van der Waals surface area contributed by atoms with Crippen LogP contribution in [0.25, 0.3) is 0 Å². The van der Waals surface area contributed by atoms with Gasteiger partial charge in [-0.3, -0.25) is 4.79 Å². The number of benzene rings is 1. The van der Waals surface area contributed by atoms with Crippen LogP contribution in [0.15, 0.2) is 29.2 Å². The van der Waals surface area contributed by atoms with E-state index in [0.717, 1.165) is 23.1 Å². The second-order valence-corrected chi connectivity index (χ2v) is 6.59. The molecular formula is C17H13N3O3S2. The van der Waals surface area contributed by atoms with Crippen molar-refractivity contribution < 1.29 is 14.3 Å². The van der Waals surface area contributed by atoms with Crippen molar-refractivity contribution in [3.8, 4) is 11.5 Å². The van der Waals surface area contributed by atoms with Gasteiger partial charge in [-0.25, -0.2) is 4.79 Å². The van der Waals surface area contributed by atoms with E-state index in [-0.39, 0.29) is 12.5 Å². The van der Waals surface area contributed by atoms with E-state index in [1.807, 2.05) is 11.5 Å². The van der Waals surface area contributed by atoms with Crippen molar-refractivity contribution in [3.63, 3.8) is 0 Å². The lowest BCUT2D eigenvalue weighted by Gasteiger charge is -2.04. The third kappa shape index (κ3) is 4.18. The minimum absolute atomic E-state index is 0.240. The van der Waals surface area contributed by atoms with Crippen molar-refractivity contribution in [1.82, 2.24) is 0 Å². The maximum absolute atomic E-state index is 12.4. The fraction of sp³-hybridized carbons (Fsp3) is 0.176. The van der Waals surface area contributed by atoms with Crippen molar-refractivity contribution >= 4 is 40.0 Å². The number of ether oxygens (including phenoxy) is 1. The summed E-state index contributed by atoms with van der Waals surface area (Å²) in [7, 11) is 0. The Balaban J connectivity index is 2.32. The minimum atomic E-state index is -0.483. The number of anilines is 1. The number of hydrogen-bond donors (Lipinski definition) is 1. The van der Waals surface area contributed by atoms with E-state index in [9.17, 15) is 9.59 Å². The van der Waals surface area contributed by atoms with Crippen LogP contribution in [-0.2, 0) is 4.74 Å². The monoisotopic (exact) mass is 371 g/mol. The molecule has 1 N–H and O–H groups in total. The van der Waals surface area contributed by atoms with Crippen LogP contribution in [0.5, 0.6) is 0 Å². The Bertz CT molecular complexity index is 890. The number of thioether (sulfide) groups is 1. The fourth-order valence-corrected chi connectivity index (χ4v) is 3.81. The van der Waals surface area contributed by atoms with E-state index in [4.69, 9.17) is 15.3 Å². The molecule has 25 heavy (non-hydrogen) atoms. The van der Waals surface area contributed by atoms with E-state index in [1.54, 1.807) is 26.0 Å². The zero-order chi connectivity index (χ0) is 18.4. The van der Waals surface area contributed by atoms with Gasteiger partial charge >= 0.3 is 5.97 Å². The molecule has 2 aromatic rings. The van der Waals surface area contributed by atoms with Crippen LogP contribution in [-0.4, -0.2) is 18.5 Å². The summed E-state index contributed by atoms with van der Waals surface area (Å²) in [4.78, 5) is 25.3. The molecule has 2 rings (SSSR count). The van der Waals surface area contributed by atoms with Crippen LogP contribution < -0.4 is 5.32 Å². The Labute approximate surface area is 153 Å². The zero-order valence-electron chi connectivity index (χ0n) is 13.5. The van der Waals surface area contributed by atoms with Gasteiger partial charge in [-0.1, -0.05) is 0 Å². The second kappa shape index (κ2) is 8.34. The van der Waals surface area contributed by atoms with E-state index < -0.39 is 5.97 Å². The van der Waals surface area contributed by atoms with Gasteiger partial charge in [-0.15, -0.1) is 11.3 Å². The van der Waals surface area contributed by atoms with E-state index >= 15 is 0 Å². The number of thiophene rings is 1. The highest BCUT2D eigenvalue weighted by Crippen LogP contribution is 2.40. The lowest BCUT2D eigenvalue weighted by molar-refractivity contribution is 0.0531. The molecule has 0 bridgehead atoms. The van der Waals surface area contributed by atoms with E-state index in [0.29, 0.717) is 31.5 Å². The molecule has 1 amide bonds. The van der Waals surface area contributed by atoms with Crippen LogP contribution >= 0.6 is 23.1 Å². The van der Waals surface area contributed by atoms with Crippen molar-refractivity contribution in [2.45, 2.75) is 18.7 Å². The van der Waals surface area contributed by atoms with Crippen molar-refractivity contribution in [3.05, 3.63) is 45.8 Å². The van der Waals surface area contributed by atoms with E-state index in [1.165, 1.54) is 12.1 Å². The maximum atomic E-state index is 12.4. The highest BCUT2D eigenvalue weighted by atomic mass is 32.2. The topological polar surface area (TPSA) is 103 Å². The smallest absolute Gasteiger partial charge is 0.348 e. The van der Waals surface area contributed by atoms with Crippen LogP contribution in [0.1, 0.15) is 38.1 Å². The van der Waals surface area contributed by atoms with Crippen LogP contribution in [0.3, 0.4) is 0 Å². The number of hydrogen-bond acceptors (Lipinski definition) is 7. The predicted molar refractivity (Wildman–Crippen MR) is 95.6 cm³/mol. The Kier molecular flexibility index (Phi) is 6.18. The highest BCUT2D eigenvalue weighted by Gasteiger charge is 2.23. The molecule has 1 heterocycles. The van der Waals surface area contributed by atoms with Gasteiger partial charge in [0, 0.05) is 5.56 Å². The first-order chi connectivity index (χ1) is 12.0. The molecule has 8 heteroatoms. The first-order valence-corrected chi connectivity index (χ1v) is 8.83. The third-order valence-corrected chi connectivity index (χ3v) is 5.33. The van der Waals surface area contributed by atoms with Gasteiger partial charge in [0.05, 0.1) is 23.1 Å². The molecule has 0 unspecified atom stereocenters. The largest absolute Gasteiger partial charge is 0.462 e. The number of nitrogens with one attached hydrogen (secondary N) is 1. The number of carbonyl (C=O) groups is 2. The summed E-state index contributed by atoms with van der Waals surface area (Å²) < 4.78 is 5.01. The normalized spacial score (nSPS) is 9.76. The van der Waals surface area contributed by atoms with Crippen molar-refractivity contribution in [2.75, 3.05) is 11.9 Å². The fourth-order valence-electron chi connectivity index (χ4n) is 2.01. The predicted octanol–water partition coefficient (Wildman–Crippen LogP) is 3.93. The Morgan fingerprint density at radius 2 is 1.96 bits per heavy atom. The summed E-state index contributed by atoms with van der Waals surface area (Å²) in [5.41, 5.74) is 1.43. The molecule has 1 aromatic heterocycles. The van der Waals surface area contributed by atoms with Crippen molar-refractivity contribution in [1.29, 1.82) is 10.5 Å². The SMILES string of the molecule is CCOC(=O)c1sc(NC(=O)c2ccc(C#N)cc2)c(SC#N)c1C. The maximum Gasteiger partial charge on any atom is 0.348 e. The molecule has 0 saturated carbocycles. The van der Waals surface area contributed by atoms with Crippen LogP contribution in [0, 0.1) is 28.9 Å². The molecule has 1 aromatic carbocycles. The molecule has 126 valence electrons. The van der Waals surface area contributed by atoms with Gasteiger partial charge in [0.1, 0.15) is 15.3 Å². The molecule has 6 nitrogen and oxygen atoms in total. The average molecular weight is 371 g/mol. The van der Waals surface area contributed by atoms with Gasteiger partial charge in [-0.05, 0) is 55.4 Å². The van der Waals surface area contributed by atoms with Gasteiger partial charge < -0.3 is 10.1 Å². The molecular weight excluding hydrogens is 358 g/mol. The van der Waals surface area contributed by atoms with Gasteiger partial charge in [0.25, 0.3) is 5.91 Å². The quantitative estimate of drug-likeness (QED) is 0.485. The number of nitriles is 2. The summed E-state index contributed by atoms with van der Waals surface area (Å²) in [6.45, 7) is 3.66. The highest BCUT2D eigenvalue weighted by molar-refractivity contribution is 8.04. The summed E-state index contributed by atoms with van der Waals surface area (Å²) in [6.07, 6.45) is 0. The lowest BCUT2D eigenvalue weighted by atomic mass is 10.1. The summed E-state index contributed by atoms with van der Waals surface area (Å²) in [5.74, 6) is -0.871. The lowest BCUT2D eigenvalue weighted by Crippen LogP contribution is -2.11. The standard InChI is InChI=1S/C17H13N3O3S2/c1-3-23-17(22)14-10(2)13(24-9-19)16(25-14)20-15(21)12-6-4-11(8-18)5-7-12/h4-7H,3H2,1-2H3,(H,20,21). The zero-order valence-corrected chi connectivity index (χ0v) is 15.1. The van der Waals surface area contributed by atoms with Crippen LogP contribution in [0.4, 0.5) is 5.00 Å². The molecule has 0 spiro atoms. The molecule has 0 atom stereocenters. The first-order valence-electron chi connectivity index (χ1n) is 7.19. The van der Waals surface area contributed by atoms with Gasteiger partial charge in [-0.2, -0.15) is 10.5 Å². The number of nitrogens with zero attached hydrogens (tertiary/aromatic N) is 2. The van der Waals surface area contributed by atoms with E-state index in [2.05, 4.69) is 5.32 Å². The molecule has 0 aliphatic rings.